The van der Waals surface area contributed by atoms with Crippen molar-refractivity contribution < 1.29 is 9.53 Å². The fourth-order valence-electron chi connectivity index (χ4n) is 2.22. The summed E-state index contributed by atoms with van der Waals surface area (Å²) < 4.78 is 6.63. The van der Waals surface area contributed by atoms with Gasteiger partial charge in [0.25, 0.3) is 11.5 Å². The van der Waals surface area contributed by atoms with Crippen LogP contribution in [-0.2, 0) is 7.05 Å². The second kappa shape index (κ2) is 6.23. The van der Waals surface area contributed by atoms with E-state index in [1.807, 2.05) is 6.92 Å². The van der Waals surface area contributed by atoms with Gasteiger partial charge in [-0.3, -0.25) is 9.59 Å². The summed E-state index contributed by atoms with van der Waals surface area (Å²) >= 11 is 5.94. The Morgan fingerprint density at radius 3 is 2.59 bits per heavy atom. The molecular formula is C16H17ClN2O3. The van der Waals surface area contributed by atoms with E-state index in [2.05, 4.69) is 5.32 Å². The van der Waals surface area contributed by atoms with Crippen LogP contribution >= 0.6 is 11.6 Å². The van der Waals surface area contributed by atoms with Crippen LogP contribution in [0.3, 0.4) is 0 Å². The summed E-state index contributed by atoms with van der Waals surface area (Å²) in [6.07, 6.45) is 0. The molecule has 5 nitrogen and oxygen atoms in total. The Labute approximate surface area is 133 Å². The van der Waals surface area contributed by atoms with Gasteiger partial charge in [0.05, 0.1) is 12.8 Å². The minimum Gasteiger partial charge on any atom is -0.495 e. The van der Waals surface area contributed by atoms with Gasteiger partial charge in [-0.15, -0.1) is 0 Å². The highest BCUT2D eigenvalue weighted by Crippen LogP contribution is 2.28. The first kappa shape index (κ1) is 16.1. The molecule has 0 bridgehead atoms. The van der Waals surface area contributed by atoms with Gasteiger partial charge in [-0.2, -0.15) is 0 Å². The summed E-state index contributed by atoms with van der Waals surface area (Å²) in [5.74, 6) is -0.0157. The van der Waals surface area contributed by atoms with Crippen molar-refractivity contribution in [3.05, 3.63) is 56.5 Å². The summed E-state index contributed by atoms with van der Waals surface area (Å²) in [5, 5.41) is 3.15. The maximum Gasteiger partial charge on any atom is 0.263 e. The van der Waals surface area contributed by atoms with Crippen LogP contribution in [0.5, 0.6) is 5.75 Å². The SMILES string of the molecule is COc1ccc(Cl)cc1NC(=O)c1c(C)cc(C)n(C)c1=O. The molecule has 0 aliphatic rings. The number of hydrogen-bond donors (Lipinski definition) is 1. The molecule has 0 aliphatic carbocycles. The summed E-state index contributed by atoms with van der Waals surface area (Å²) in [6.45, 7) is 3.55. The number of rotatable bonds is 3. The molecule has 0 radical (unpaired) electrons. The Balaban J connectivity index is 2.45. The van der Waals surface area contributed by atoms with Crippen LogP contribution in [0.4, 0.5) is 5.69 Å². The van der Waals surface area contributed by atoms with E-state index in [0.29, 0.717) is 22.0 Å². The van der Waals surface area contributed by atoms with E-state index in [-0.39, 0.29) is 11.1 Å². The number of aryl methyl sites for hydroxylation is 2. The van der Waals surface area contributed by atoms with E-state index in [0.717, 1.165) is 5.69 Å². The van der Waals surface area contributed by atoms with Gasteiger partial charge in [0.2, 0.25) is 0 Å². The fraction of sp³-hybridized carbons (Fsp3) is 0.250. The Kier molecular flexibility index (Phi) is 4.56. The number of hydrogen-bond acceptors (Lipinski definition) is 3. The highest BCUT2D eigenvalue weighted by Gasteiger charge is 2.18. The van der Waals surface area contributed by atoms with Crippen LogP contribution < -0.4 is 15.6 Å². The molecule has 0 fully saturated rings. The Morgan fingerprint density at radius 2 is 1.95 bits per heavy atom. The number of nitrogens with one attached hydrogen (secondary N) is 1. The number of carbonyl (C=O) groups excluding carboxylic acids is 1. The molecule has 0 aliphatic heterocycles. The normalized spacial score (nSPS) is 10.4. The molecular weight excluding hydrogens is 304 g/mol. The standard InChI is InChI=1S/C16H17ClN2O3/c1-9-7-10(2)19(3)16(21)14(9)15(20)18-12-8-11(17)5-6-13(12)22-4/h5-8H,1-4H3,(H,18,20). The van der Waals surface area contributed by atoms with E-state index in [4.69, 9.17) is 16.3 Å². The quantitative estimate of drug-likeness (QED) is 0.946. The van der Waals surface area contributed by atoms with Gasteiger partial charge in [0.15, 0.2) is 0 Å². The highest BCUT2D eigenvalue weighted by molar-refractivity contribution is 6.31. The highest BCUT2D eigenvalue weighted by atomic mass is 35.5. The average molecular weight is 321 g/mol. The lowest BCUT2D eigenvalue weighted by atomic mass is 10.1. The molecule has 22 heavy (non-hydrogen) atoms. The Bertz CT molecular complexity index is 797. The molecule has 1 heterocycles. The smallest absolute Gasteiger partial charge is 0.263 e. The van der Waals surface area contributed by atoms with Crippen molar-refractivity contribution in [2.24, 2.45) is 7.05 Å². The van der Waals surface area contributed by atoms with Crippen LogP contribution in [-0.4, -0.2) is 17.6 Å². The molecule has 0 saturated carbocycles. The van der Waals surface area contributed by atoms with E-state index >= 15 is 0 Å². The maximum atomic E-state index is 12.5. The summed E-state index contributed by atoms with van der Waals surface area (Å²) in [4.78, 5) is 24.8. The van der Waals surface area contributed by atoms with Crippen molar-refractivity contribution in [1.29, 1.82) is 0 Å². The van der Waals surface area contributed by atoms with Gasteiger partial charge in [-0.05, 0) is 43.7 Å². The second-order valence-corrected chi connectivity index (χ2v) is 5.44. The van der Waals surface area contributed by atoms with Gasteiger partial charge >= 0.3 is 0 Å². The third-order valence-corrected chi connectivity index (χ3v) is 3.74. The number of amides is 1. The number of anilines is 1. The summed E-state index contributed by atoms with van der Waals surface area (Å²) in [5.41, 5.74) is 1.60. The monoisotopic (exact) mass is 320 g/mol. The zero-order valence-corrected chi connectivity index (χ0v) is 13.6. The van der Waals surface area contributed by atoms with Crippen LogP contribution in [0.2, 0.25) is 5.02 Å². The number of halogens is 1. The second-order valence-electron chi connectivity index (χ2n) is 5.01. The van der Waals surface area contributed by atoms with Crippen molar-refractivity contribution in [3.63, 3.8) is 0 Å². The number of pyridine rings is 1. The molecule has 1 aromatic heterocycles. The van der Waals surface area contributed by atoms with Gasteiger partial charge < -0.3 is 14.6 Å². The Hall–Kier alpha value is -2.27. The van der Waals surface area contributed by atoms with E-state index in [9.17, 15) is 9.59 Å². The van der Waals surface area contributed by atoms with Gasteiger partial charge in [-0.1, -0.05) is 11.6 Å². The van der Waals surface area contributed by atoms with Gasteiger partial charge in [-0.25, -0.2) is 0 Å². The summed E-state index contributed by atoms with van der Waals surface area (Å²) in [7, 11) is 3.13. The molecule has 1 aromatic carbocycles. The predicted molar refractivity (Wildman–Crippen MR) is 87.1 cm³/mol. The third-order valence-electron chi connectivity index (χ3n) is 3.50. The van der Waals surface area contributed by atoms with Gasteiger partial charge in [0, 0.05) is 17.8 Å². The molecule has 1 amide bonds. The predicted octanol–water partition coefficient (Wildman–Crippen LogP) is 2.92. The van der Waals surface area contributed by atoms with Gasteiger partial charge in [0.1, 0.15) is 11.3 Å². The first-order valence-corrected chi connectivity index (χ1v) is 7.05. The van der Waals surface area contributed by atoms with Crippen LogP contribution in [0.15, 0.2) is 29.1 Å². The largest absolute Gasteiger partial charge is 0.495 e. The zero-order chi connectivity index (χ0) is 16.4. The third kappa shape index (κ3) is 2.99. The summed E-state index contributed by atoms with van der Waals surface area (Å²) in [6, 6.07) is 6.68. The van der Waals surface area contributed by atoms with Crippen LogP contribution in [0.1, 0.15) is 21.6 Å². The molecule has 0 unspecified atom stereocenters. The maximum absolute atomic E-state index is 12.5. The van der Waals surface area contributed by atoms with Crippen molar-refractivity contribution in [2.45, 2.75) is 13.8 Å². The average Bonchev–Trinajstić information content (AvgIpc) is 2.45. The van der Waals surface area contributed by atoms with E-state index in [1.165, 1.54) is 11.7 Å². The number of methoxy groups -OCH3 is 1. The molecule has 6 heteroatoms. The van der Waals surface area contributed by atoms with Crippen molar-refractivity contribution in [2.75, 3.05) is 12.4 Å². The topological polar surface area (TPSA) is 60.3 Å². The number of carbonyl (C=O) groups is 1. The number of nitrogens with zero attached hydrogens (tertiary/aromatic N) is 1. The minimum atomic E-state index is -0.487. The lowest BCUT2D eigenvalue weighted by Gasteiger charge is -2.13. The molecule has 2 rings (SSSR count). The van der Waals surface area contributed by atoms with E-state index < -0.39 is 5.91 Å². The Morgan fingerprint density at radius 1 is 1.27 bits per heavy atom. The van der Waals surface area contributed by atoms with Crippen molar-refractivity contribution in [1.82, 2.24) is 4.57 Å². The zero-order valence-electron chi connectivity index (χ0n) is 12.9. The van der Waals surface area contributed by atoms with Crippen LogP contribution in [0, 0.1) is 13.8 Å². The molecule has 1 N–H and O–H groups in total. The minimum absolute atomic E-state index is 0.107. The first-order valence-electron chi connectivity index (χ1n) is 6.67. The lowest BCUT2D eigenvalue weighted by Crippen LogP contribution is -2.30. The molecule has 2 aromatic rings. The lowest BCUT2D eigenvalue weighted by molar-refractivity contribution is 0.102. The first-order chi connectivity index (χ1) is 10.3. The number of aromatic nitrogens is 1. The molecule has 0 saturated heterocycles. The van der Waals surface area contributed by atoms with E-state index in [1.54, 1.807) is 38.2 Å². The van der Waals surface area contributed by atoms with Crippen molar-refractivity contribution in [3.8, 4) is 5.75 Å². The van der Waals surface area contributed by atoms with Crippen LogP contribution in [0.25, 0.3) is 0 Å². The molecule has 116 valence electrons. The molecule has 0 atom stereocenters. The molecule has 0 spiro atoms. The number of ether oxygens (including phenoxy) is 1. The fourth-order valence-corrected chi connectivity index (χ4v) is 2.39. The number of benzene rings is 1. The van der Waals surface area contributed by atoms with Crippen molar-refractivity contribution >= 4 is 23.2 Å².